The van der Waals surface area contributed by atoms with Crippen LogP contribution in [-0.4, -0.2) is 32.4 Å². The number of amides is 2. The third-order valence-corrected chi connectivity index (χ3v) is 3.40. The first-order chi connectivity index (χ1) is 10.5. The fourth-order valence-corrected chi connectivity index (χ4v) is 1.97. The zero-order valence-electron chi connectivity index (χ0n) is 12.1. The van der Waals surface area contributed by atoms with E-state index in [9.17, 15) is 9.59 Å². The first kappa shape index (κ1) is 15.9. The van der Waals surface area contributed by atoms with Crippen molar-refractivity contribution in [2.24, 2.45) is 0 Å². The molecule has 3 N–H and O–H groups in total. The number of aromatic amines is 1. The van der Waals surface area contributed by atoms with Gasteiger partial charge in [-0.3, -0.25) is 9.59 Å². The number of nitrogens with one attached hydrogen (secondary N) is 3. The number of nitrogens with zero attached hydrogens (tertiary/aromatic N) is 3. The second-order valence-corrected chi connectivity index (χ2v) is 5.10. The van der Waals surface area contributed by atoms with Crippen molar-refractivity contribution in [2.75, 3.05) is 5.32 Å². The molecule has 0 bridgehead atoms. The number of H-pyrrole nitrogens is 1. The standard InChI is InChI=1S/C13H15ClN6O2/c1-7-9(14)4-3-5-10(7)16-12(22)6-11(21)15-8(2)13-17-19-20-18-13/h3-5,8H,6H2,1-2H3,(H,15,21)(H,16,22)(H,17,18,19,20)/t8-/m1/s1. The van der Waals surface area contributed by atoms with Crippen molar-refractivity contribution < 1.29 is 9.59 Å². The number of aromatic nitrogens is 4. The Morgan fingerprint density at radius 2 is 2.14 bits per heavy atom. The maximum Gasteiger partial charge on any atom is 0.233 e. The normalized spacial score (nSPS) is 11.8. The van der Waals surface area contributed by atoms with Gasteiger partial charge in [0.15, 0.2) is 5.82 Å². The highest BCUT2D eigenvalue weighted by molar-refractivity contribution is 6.31. The van der Waals surface area contributed by atoms with Crippen molar-refractivity contribution in [3.63, 3.8) is 0 Å². The number of carbonyl (C=O) groups excluding carboxylic acids is 2. The van der Waals surface area contributed by atoms with Crippen molar-refractivity contribution in [3.8, 4) is 0 Å². The van der Waals surface area contributed by atoms with E-state index in [1.165, 1.54) is 0 Å². The Bertz CT molecular complexity index is 673. The molecule has 1 aromatic carbocycles. The fourth-order valence-electron chi connectivity index (χ4n) is 1.79. The molecule has 2 rings (SSSR count). The van der Waals surface area contributed by atoms with Crippen molar-refractivity contribution in [2.45, 2.75) is 26.3 Å². The highest BCUT2D eigenvalue weighted by Crippen LogP contribution is 2.22. The Hall–Kier alpha value is -2.48. The molecule has 0 fully saturated rings. The number of tetrazole rings is 1. The number of hydrogen-bond acceptors (Lipinski definition) is 5. The molecule has 1 aromatic heterocycles. The molecule has 0 radical (unpaired) electrons. The quantitative estimate of drug-likeness (QED) is 0.719. The van der Waals surface area contributed by atoms with Gasteiger partial charge in [-0.1, -0.05) is 22.9 Å². The SMILES string of the molecule is Cc1c(Cl)cccc1NC(=O)CC(=O)N[C@H](C)c1nn[nH]n1. The summed E-state index contributed by atoms with van der Waals surface area (Å²) in [7, 11) is 0. The molecule has 8 nitrogen and oxygen atoms in total. The molecule has 116 valence electrons. The highest BCUT2D eigenvalue weighted by atomic mass is 35.5. The van der Waals surface area contributed by atoms with Crippen LogP contribution in [0.5, 0.6) is 0 Å². The Balaban J connectivity index is 1.89. The molecule has 0 aliphatic heterocycles. The van der Waals surface area contributed by atoms with Gasteiger partial charge in [0.2, 0.25) is 11.8 Å². The number of rotatable bonds is 5. The van der Waals surface area contributed by atoms with Gasteiger partial charge in [-0.15, -0.1) is 10.2 Å². The Morgan fingerprint density at radius 1 is 1.36 bits per heavy atom. The molecule has 1 atom stereocenters. The highest BCUT2D eigenvalue weighted by Gasteiger charge is 2.16. The van der Waals surface area contributed by atoms with E-state index < -0.39 is 17.9 Å². The lowest BCUT2D eigenvalue weighted by atomic mass is 10.2. The molecular formula is C13H15ClN6O2. The number of anilines is 1. The minimum absolute atomic E-state index is 0.311. The second-order valence-electron chi connectivity index (χ2n) is 4.70. The molecule has 22 heavy (non-hydrogen) atoms. The predicted molar refractivity (Wildman–Crippen MR) is 80.2 cm³/mol. The summed E-state index contributed by atoms with van der Waals surface area (Å²) in [6.45, 7) is 3.48. The third kappa shape index (κ3) is 4.01. The largest absolute Gasteiger partial charge is 0.346 e. The summed E-state index contributed by atoms with van der Waals surface area (Å²) in [4.78, 5) is 23.7. The van der Waals surface area contributed by atoms with E-state index in [1.54, 1.807) is 32.0 Å². The molecule has 0 spiro atoms. The Kier molecular flexibility index (Phi) is 5.05. The fraction of sp³-hybridized carbons (Fsp3) is 0.308. The molecule has 0 aliphatic rings. The minimum atomic E-state index is -0.438. The summed E-state index contributed by atoms with van der Waals surface area (Å²) in [6.07, 6.45) is -0.311. The molecule has 0 saturated carbocycles. The van der Waals surface area contributed by atoms with Crippen LogP contribution >= 0.6 is 11.6 Å². The smallest absolute Gasteiger partial charge is 0.233 e. The van der Waals surface area contributed by atoms with Gasteiger partial charge in [0.25, 0.3) is 0 Å². The number of hydrogen-bond donors (Lipinski definition) is 3. The van der Waals surface area contributed by atoms with Gasteiger partial charge in [-0.05, 0) is 31.5 Å². The van der Waals surface area contributed by atoms with E-state index in [4.69, 9.17) is 11.6 Å². The van der Waals surface area contributed by atoms with E-state index in [0.29, 0.717) is 16.5 Å². The van der Waals surface area contributed by atoms with Crippen LogP contribution in [0, 0.1) is 6.92 Å². The molecule has 0 saturated heterocycles. The summed E-state index contributed by atoms with van der Waals surface area (Å²) in [6, 6.07) is 4.74. The summed E-state index contributed by atoms with van der Waals surface area (Å²) in [5.74, 6) is -0.517. The maximum absolute atomic E-state index is 11.9. The van der Waals surface area contributed by atoms with Crippen LogP contribution < -0.4 is 10.6 Å². The summed E-state index contributed by atoms with van der Waals surface area (Å²) < 4.78 is 0. The van der Waals surface area contributed by atoms with Crippen molar-refractivity contribution >= 4 is 29.1 Å². The zero-order valence-corrected chi connectivity index (χ0v) is 12.8. The lowest BCUT2D eigenvalue weighted by Crippen LogP contribution is -2.31. The molecule has 0 unspecified atom stereocenters. The van der Waals surface area contributed by atoms with Crippen LogP contribution in [0.1, 0.15) is 30.8 Å². The van der Waals surface area contributed by atoms with Gasteiger partial charge in [0.05, 0.1) is 6.04 Å². The van der Waals surface area contributed by atoms with Crippen LogP contribution in [0.15, 0.2) is 18.2 Å². The van der Waals surface area contributed by atoms with Gasteiger partial charge < -0.3 is 10.6 Å². The topological polar surface area (TPSA) is 113 Å². The van der Waals surface area contributed by atoms with Gasteiger partial charge in [-0.2, -0.15) is 5.21 Å². The lowest BCUT2D eigenvalue weighted by Gasteiger charge is -2.11. The third-order valence-electron chi connectivity index (χ3n) is 2.99. The molecule has 2 aromatic rings. The predicted octanol–water partition coefficient (Wildman–Crippen LogP) is 1.37. The summed E-state index contributed by atoms with van der Waals surface area (Å²) in [5.41, 5.74) is 1.33. The van der Waals surface area contributed by atoms with Crippen LogP contribution in [0.3, 0.4) is 0 Å². The second kappa shape index (κ2) is 6.99. The minimum Gasteiger partial charge on any atom is -0.346 e. The average Bonchev–Trinajstić information content (AvgIpc) is 2.97. The Labute approximate surface area is 131 Å². The zero-order chi connectivity index (χ0) is 16.1. The number of carbonyl (C=O) groups is 2. The lowest BCUT2D eigenvalue weighted by molar-refractivity contribution is -0.127. The van der Waals surface area contributed by atoms with Gasteiger partial charge >= 0.3 is 0 Å². The van der Waals surface area contributed by atoms with E-state index in [-0.39, 0.29) is 6.42 Å². The molecular weight excluding hydrogens is 308 g/mol. The monoisotopic (exact) mass is 322 g/mol. The molecule has 9 heteroatoms. The molecule has 2 amide bonds. The van der Waals surface area contributed by atoms with Crippen LogP contribution in [0.2, 0.25) is 5.02 Å². The van der Waals surface area contributed by atoms with E-state index in [0.717, 1.165) is 5.56 Å². The van der Waals surface area contributed by atoms with Crippen molar-refractivity contribution in [3.05, 3.63) is 34.6 Å². The number of halogens is 1. The Morgan fingerprint density at radius 3 is 2.82 bits per heavy atom. The number of benzene rings is 1. The first-order valence-corrected chi connectivity index (χ1v) is 6.93. The first-order valence-electron chi connectivity index (χ1n) is 6.55. The van der Waals surface area contributed by atoms with Gasteiger partial charge in [-0.25, -0.2) is 0 Å². The van der Waals surface area contributed by atoms with Crippen LogP contribution in [-0.2, 0) is 9.59 Å². The van der Waals surface area contributed by atoms with Crippen molar-refractivity contribution in [1.82, 2.24) is 25.9 Å². The molecule has 0 aliphatic carbocycles. The van der Waals surface area contributed by atoms with Gasteiger partial charge in [0, 0.05) is 10.7 Å². The van der Waals surface area contributed by atoms with E-state index in [1.807, 2.05) is 0 Å². The molecule has 1 heterocycles. The van der Waals surface area contributed by atoms with Crippen molar-refractivity contribution in [1.29, 1.82) is 0 Å². The van der Waals surface area contributed by atoms with Crippen LogP contribution in [0.4, 0.5) is 5.69 Å². The van der Waals surface area contributed by atoms with Gasteiger partial charge in [0.1, 0.15) is 6.42 Å². The van der Waals surface area contributed by atoms with Crippen LogP contribution in [0.25, 0.3) is 0 Å². The maximum atomic E-state index is 11.9. The summed E-state index contributed by atoms with van der Waals surface area (Å²) in [5, 5.41) is 19.0. The summed E-state index contributed by atoms with van der Waals surface area (Å²) >= 11 is 5.98. The average molecular weight is 323 g/mol. The van der Waals surface area contributed by atoms with E-state index in [2.05, 4.69) is 31.3 Å². The van der Waals surface area contributed by atoms with E-state index >= 15 is 0 Å².